The van der Waals surface area contributed by atoms with Crippen LogP contribution in [0.1, 0.15) is 76.8 Å². The molecule has 192 valence electrons. The van der Waals surface area contributed by atoms with Crippen molar-refractivity contribution in [1.82, 2.24) is 19.5 Å². The van der Waals surface area contributed by atoms with Gasteiger partial charge in [-0.25, -0.2) is 13.9 Å². The Morgan fingerprint density at radius 2 is 1.89 bits per heavy atom. The smallest absolute Gasteiger partial charge is 0.307 e. The van der Waals surface area contributed by atoms with Gasteiger partial charge in [0, 0.05) is 23.7 Å². The van der Waals surface area contributed by atoms with E-state index in [1.54, 1.807) is 22.7 Å². The van der Waals surface area contributed by atoms with Gasteiger partial charge in [0.05, 0.1) is 17.5 Å². The number of aromatic nitrogens is 3. The number of carboxylic acids is 1. The van der Waals surface area contributed by atoms with Crippen LogP contribution in [0, 0.1) is 11.7 Å². The zero-order chi connectivity index (χ0) is 26.1. The molecule has 2 aliphatic carbocycles. The number of carbonyl (C=O) groups excluding carboxylic acids is 1. The first-order valence-corrected chi connectivity index (χ1v) is 13.2. The summed E-state index contributed by atoms with van der Waals surface area (Å²) < 4.78 is 16.9. The SMILES string of the molecule is C[C@@H]1c2ccccc2CCN1C(=O)c1cc(C2CC2)n2nc(-c3ccc(C4CC4C(=O)O)cc3F)nc2c1. The van der Waals surface area contributed by atoms with E-state index < -0.39 is 17.7 Å². The normalized spacial score (nSPS) is 22.4. The van der Waals surface area contributed by atoms with Crippen LogP contribution in [0.4, 0.5) is 4.39 Å². The van der Waals surface area contributed by atoms with Crippen molar-refractivity contribution in [3.8, 4) is 11.4 Å². The number of rotatable bonds is 5. The second kappa shape index (κ2) is 8.48. The Kier molecular flexibility index (Phi) is 5.15. The zero-order valence-corrected chi connectivity index (χ0v) is 21.0. The molecule has 4 aromatic rings. The second-order valence-electron chi connectivity index (χ2n) is 10.8. The van der Waals surface area contributed by atoms with Gasteiger partial charge < -0.3 is 10.0 Å². The fraction of sp³-hybridized carbons (Fsp3) is 0.333. The van der Waals surface area contributed by atoms with Crippen LogP contribution in [-0.4, -0.2) is 43.0 Å². The number of halogens is 1. The first-order chi connectivity index (χ1) is 18.4. The number of amides is 1. The highest BCUT2D eigenvalue weighted by atomic mass is 19.1. The molecule has 38 heavy (non-hydrogen) atoms. The number of benzene rings is 2. The monoisotopic (exact) mass is 510 g/mol. The molecular weight excluding hydrogens is 483 g/mol. The molecule has 2 fully saturated rings. The van der Waals surface area contributed by atoms with E-state index >= 15 is 4.39 Å². The molecule has 1 N–H and O–H groups in total. The maximum absolute atomic E-state index is 15.2. The number of hydrogen-bond acceptors (Lipinski definition) is 4. The molecule has 3 atom stereocenters. The molecule has 3 heterocycles. The number of aliphatic carboxylic acids is 1. The summed E-state index contributed by atoms with van der Waals surface area (Å²) in [7, 11) is 0. The number of hydrogen-bond donors (Lipinski definition) is 1. The van der Waals surface area contributed by atoms with Crippen LogP contribution < -0.4 is 0 Å². The number of pyridine rings is 1. The van der Waals surface area contributed by atoms with Gasteiger partial charge in [-0.1, -0.05) is 30.3 Å². The molecule has 7 nitrogen and oxygen atoms in total. The lowest BCUT2D eigenvalue weighted by Crippen LogP contribution is -2.38. The maximum atomic E-state index is 15.2. The van der Waals surface area contributed by atoms with Crippen LogP contribution in [0.25, 0.3) is 17.0 Å². The molecule has 1 amide bonds. The summed E-state index contributed by atoms with van der Waals surface area (Å²) in [4.78, 5) is 31.5. The Labute approximate surface area is 218 Å². The minimum absolute atomic E-state index is 0.0266. The zero-order valence-electron chi connectivity index (χ0n) is 21.0. The van der Waals surface area contributed by atoms with Gasteiger partial charge in [0.25, 0.3) is 5.91 Å². The van der Waals surface area contributed by atoms with E-state index in [2.05, 4.69) is 29.1 Å². The van der Waals surface area contributed by atoms with E-state index in [-0.39, 0.29) is 29.3 Å². The standard InChI is InChI=1S/C30H27FN4O3/c1-16-21-5-3-2-4-17(21)10-11-34(16)29(36)20-13-26(18-6-7-18)35-27(14-20)32-28(33-35)22-9-8-19(12-25(22)31)23-15-24(23)30(37)38/h2-5,8-9,12-14,16,18,23-24H,6-7,10-11,15H2,1H3,(H,37,38)/t16-,23?,24?/m1/s1. The summed E-state index contributed by atoms with van der Waals surface area (Å²) in [6.07, 6.45) is 3.39. The molecular formula is C30H27FN4O3. The number of carboxylic acid groups (broad SMARTS) is 1. The highest BCUT2D eigenvalue weighted by Crippen LogP contribution is 2.48. The predicted octanol–water partition coefficient (Wildman–Crippen LogP) is 5.36. The van der Waals surface area contributed by atoms with E-state index in [9.17, 15) is 14.7 Å². The third-order valence-electron chi connectivity index (χ3n) is 8.33. The minimum atomic E-state index is -0.845. The Hall–Kier alpha value is -4.07. The largest absolute Gasteiger partial charge is 0.481 e. The van der Waals surface area contributed by atoms with Crippen molar-refractivity contribution in [3.63, 3.8) is 0 Å². The van der Waals surface area contributed by atoms with Crippen molar-refractivity contribution >= 4 is 17.5 Å². The summed E-state index contributed by atoms with van der Waals surface area (Å²) in [6, 6.07) is 16.7. The Morgan fingerprint density at radius 1 is 1.08 bits per heavy atom. The predicted molar refractivity (Wildman–Crippen MR) is 138 cm³/mol. The Morgan fingerprint density at radius 3 is 2.63 bits per heavy atom. The van der Waals surface area contributed by atoms with E-state index in [4.69, 9.17) is 0 Å². The summed E-state index contributed by atoms with van der Waals surface area (Å²) in [6.45, 7) is 2.72. The molecule has 1 aliphatic heterocycles. The quantitative estimate of drug-likeness (QED) is 0.391. The molecule has 2 saturated carbocycles. The molecule has 0 spiro atoms. The summed E-state index contributed by atoms with van der Waals surface area (Å²) in [5.74, 6) is -1.39. The fourth-order valence-electron chi connectivity index (χ4n) is 5.91. The van der Waals surface area contributed by atoms with E-state index in [1.165, 1.54) is 17.2 Å². The third-order valence-corrected chi connectivity index (χ3v) is 8.33. The van der Waals surface area contributed by atoms with Crippen molar-refractivity contribution < 1.29 is 19.1 Å². The fourth-order valence-corrected chi connectivity index (χ4v) is 5.91. The lowest BCUT2D eigenvalue weighted by Gasteiger charge is -2.35. The van der Waals surface area contributed by atoms with Crippen molar-refractivity contribution in [2.24, 2.45) is 5.92 Å². The van der Waals surface area contributed by atoms with Gasteiger partial charge in [-0.2, -0.15) is 0 Å². The number of fused-ring (bicyclic) bond motifs is 2. The second-order valence-corrected chi connectivity index (χ2v) is 10.8. The van der Waals surface area contributed by atoms with E-state index in [1.807, 2.05) is 23.1 Å². The highest BCUT2D eigenvalue weighted by molar-refractivity contribution is 5.96. The van der Waals surface area contributed by atoms with Gasteiger partial charge in [0.2, 0.25) is 0 Å². The van der Waals surface area contributed by atoms with Crippen LogP contribution in [-0.2, 0) is 11.2 Å². The average molecular weight is 511 g/mol. The average Bonchev–Trinajstić information content (AvgIpc) is 3.84. The van der Waals surface area contributed by atoms with Crippen molar-refractivity contribution in [1.29, 1.82) is 0 Å². The number of nitrogens with zero attached hydrogens (tertiary/aromatic N) is 4. The Balaban J connectivity index is 1.23. The first-order valence-electron chi connectivity index (χ1n) is 13.2. The Bertz CT molecular complexity index is 1630. The third kappa shape index (κ3) is 3.78. The molecule has 2 aromatic heterocycles. The van der Waals surface area contributed by atoms with Crippen LogP contribution in [0.3, 0.4) is 0 Å². The topological polar surface area (TPSA) is 87.8 Å². The number of carbonyl (C=O) groups is 2. The summed E-state index contributed by atoms with van der Waals surface area (Å²) in [5, 5.41) is 13.8. The van der Waals surface area contributed by atoms with Gasteiger partial charge >= 0.3 is 5.97 Å². The summed E-state index contributed by atoms with van der Waals surface area (Å²) >= 11 is 0. The molecule has 0 radical (unpaired) electrons. The summed E-state index contributed by atoms with van der Waals surface area (Å²) in [5.41, 5.74) is 5.44. The molecule has 0 saturated heterocycles. The van der Waals surface area contributed by atoms with Crippen LogP contribution >= 0.6 is 0 Å². The lowest BCUT2D eigenvalue weighted by molar-refractivity contribution is -0.138. The van der Waals surface area contributed by atoms with Gasteiger partial charge in [-0.3, -0.25) is 9.59 Å². The van der Waals surface area contributed by atoms with Gasteiger partial charge in [-0.05, 0) is 79.5 Å². The molecule has 0 bridgehead atoms. The van der Waals surface area contributed by atoms with Crippen molar-refractivity contribution in [2.75, 3.05) is 6.54 Å². The lowest BCUT2D eigenvalue weighted by atomic mass is 9.93. The van der Waals surface area contributed by atoms with Crippen LogP contribution in [0.5, 0.6) is 0 Å². The maximum Gasteiger partial charge on any atom is 0.307 e. The van der Waals surface area contributed by atoms with Gasteiger partial charge in [-0.15, -0.1) is 5.10 Å². The highest BCUT2D eigenvalue weighted by Gasteiger charge is 2.44. The van der Waals surface area contributed by atoms with Gasteiger partial charge in [0.1, 0.15) is 5.82 Å². The van der Waals surface area contributed by atoms with Crippen LogP contribution in [0.15, 0.2) is 54.6 Å². The first kappa shape index (κ1) is 23.1. The molecule has 2 unspecified atom stereocenters. The molecule has 3 aliphatic rings. The van der Waals surface area contributed by atoms with Crippen molar-refractivity contribution in [3.05, 3.63) is 88.4 Å². The van der Waals surface area contributed by atoms with Crippen molar-refractivity contribution in [2.45, 2.75) is 50.5 Å². The molecule has 2 aromatic carbocycles. The van der Waals surface area contributed by atoms with Crippen LogP contribution in [0.2, 0.25) is 0 Å². The van der Waals surface area contributed by atoms with E-state index in [0.717, 1.165) is 25.0 Å². The molecule has 8 heteroatoms. The van der Waals surface area contributed by atoms with Gasteiger partial charge in [0.15, 0.2) is 11.5 Å². The minimum Gasteiger partial charge on any atom is -0.481 e. The van der Waals surface area contributed by atoms with E-state index in [0.29, 0.717) is 35.7 Å². The molecule has 7 rings (SSSR count).